The van der Waals surface area contributed by atoms with Crippen LogP contribution < -0.4 is 14.8 Å². The minimum atomic E-state index is -2.94. The summed E-state index contributed by atoms with van der Waals surface area (Å²) in [7, 11) is 1.38. The molecule has 1 heterocycles. The summed E-state index contributed by atoms with van der Waals surface area (Å²) in [6.07, 6.45) is 1.73. The number of ether oxygens (including phenoxy) is 2. The molecule has 2 rings (SSSR count). The zero-order chi connectivity index (χ0) is 22.1. The highest BCUT2D eigenvalue weighted by Crippen LogP contribution is 2.29. The average Bonchev–Trinajstić information content (AvgIpc) is 2.97. The number of nitrogens with zero attached hydrogens (tertiary/aromatic N) is 3. The number of nitriles is 1. The van der Waals surface area contributed by atoms with E-state index in [1.165, 1.54) is 13.2 Å². The minimum Gasteiger partial charge on any atom is -0.493 e. The van der Waals surface area contributed by atoms with E-state index in [0.717, 1.165) is 22.5 Å². The first-order chi connectivity index (χ1) is 14.3. The van der Waals surface area contributed by atoms with Crippen LogP contribution in [0, 0.1) is 25.2 Å². The third-order valence-corrected chi connectivity index (χ3v) is 4.75. The van der Waals surface area contributed by atoms with Gasteiger partial charge in [-0.25, -0.2) is 0 Å². The van der Waals surface area contributed by atoms with E-state index in [1.807, 2.05) is 13.8 Å². The highest BCUT2D eigenvalue weighted by molar-refractivity contribution is 5.76. The van der Waals surface area contributed by atoms with Gasteiger partial charge in [-0.05, 0) is 49.9 Å². The molecule has 0 aliphatic rings. The van der Waals surface area contributed by atoms with Crippen LogP contribution in [-0.2, 0) is 24.2 Å². The van der Waals surface area contributed by atoms with Crippen molar-refractivity contribution in [2.45, 2.75) is 52.7 Å². The summed E-state index contributed by atoms with van der Waals surface area (Å²) in [6, 6.07) is 6.89. The maximum absolute atomic E-state index is 12.5. The number of aryl methyl sites for hydroxylation is 2. The van der Waals surface area contributed by atoms with E-state index in [2.05, 4.69) is 21.2 Å². The second-order valence-electron chi connectivity index (χ2n) is 6.74. The number of alkyl halides is 2. The quantitative estimate of drug-likeness (QED) is 0.602. The van der Waals surface area contributed by atoms with Crippen LogP contribution in [0.15, 0.2) is 18.2 Å². The van der Waals surface area contributed by atoms with Gasteiger partial charge < -0.3 is 14.8 Å². The van der Waals surface area contributed by atoms with E-state index in [-0.39, 0.29) is 17.4 Å². The summed E-state index contributed by atoms with van der Waals surface area (Å²) in [6.45, 7) is 1.80. The lowest BCUT2D eigenvalue weighted by Crippen LogP contribution is -2.26. The molecule has 0 aliphatic carbocycles. The molecule has 0 unspecified atom stereocenters. The molecule has 1 aromatic carbocycles. The van der Waals surface area contributed by atoms with Gasteiger partial charge in [-0.15, -0.1) is 0 Å². The van der Waals surface area contributed by atoms with Crippen LogP contribution in [0.3, 0.4) is 0 Å². The van der Waals surface area contributed by atoms with Crippen LogP contribution >= 0.6 is 0 Å². The molecule has 1 N–H and O–H groups in total. The van der Waals surface area contributed by atoms with Crippen LogP contribution in [0.4, 0.5) is 8.78 Å². The molecule has 1 aromatic heterocycles. The molecule has 0 radical (unpaired) electrons. The number of methoxy groups -OCH3 is 1. The van der Waals surface area contributed by atoms with E-state index in [9.17, 15) is 13.6 Å². The Morgan fingerprint density at radius 2 is 2.07 bits per heavy atom. The number of carbonyl (C=O) groups is 1. The van der Waals surface area contributed by atoms with Crippen molar-refractivity contribution in [1.29, 1.82) is 5.26 Å². The first-order valence-corrected chi connectivity index (χ1v) is 9.64. The third kappa shape index (κ3) is 6.44. The SMILES string of the molecule is COc1ccc(CCNC(=O)CCc2c(C)nn(CCC#N)c2C)cc1OC(F)F. The fourth-order valence-corrected chi connectivity index (χ4v) is 3.21. The Hall–Kier alpha value is -3.15. The predicted molar refractivity (Wildman–Crippen MR) is 107 cm³/mol. The summed E-state index contributed by atoms with van der Waals surface area (Å²) in [4.78, 5) is 12.2. The first-order valence-electron chi connectivity index (χ1n) is 9.64. The van der Waals surface area contributed by atoms with E-state index < -0.39 is 6.61 Å². The Morgan fingerprint density at radius 1 is 1.30 bits per heavy atom. The molecule has 9 heteroatoms. The number of hydrogen-bond donors (Lipinski definition) is 1. The van der Waals surface area contributed by atoms with Crippen LogP contribution in [0.1, 0.15) is 35.4 Å². The Labute approximate surface area is 174 Å². The second-order valence-corrected chi connectivity index (χ2v) is 6.74. The molecule has 0 bridgehead atoms. The summed E-state index contributed by atoms with van der Waals surface area (Å²) in [5.41, 5.74) is 3.60. The maximum atomic E-state index is 12.5. The third-order valence-electron chi connectivity index (χ3n) is 4.75. The monoisotopic (exact) mass is 420 g/mol. The molecule has 0 atom stereocenters. The summed E-state index contributed by atoms with van der Waals surface area (Å²) < 4.78 is 36.3. The molecule has 0 saturated heterocycles. The number of aromatic nitrogens is 2. The number of nitrogens with one attached hydrogen (secondary N) is 1. The van der Waals surface area contributed by atoms with E-state index in [0.29, 0.717) is 38.8 Å². The van der Waals surface area contributed by atoms with Crippen molar-refractivity contribution in [1.82, 2.24) is 15.1 Å². The molecule has 1 amide bonds. The summed E-state index contributed by atoms with van der Waals surface area (Å²) in [5.74, 6) is 0.0935. The van der Waals surface area contributed by atoms with Gasteiger partial charge in [0.15, 0.2) is 11.5 Å². The van der Waals surface area contributed by atoms with Gasteiger partial charge in [0.05, 0.1) is 31.8 Å². The lowest BCUT2D eigenvalue weighted by atomic mass is 10.1. The molecule has 2 aromatic rings. The standard InChI is InChI=1S/C21H26F2N4O3/c1-14-17(15(2)27(26-14)12-4-10-24)6-8-20(28)25-11-9-16-5-7-18(29-3)19(13-16)30-21(22)23/h5,7,13,21H,4,6,8-9,11-12H2,1-3H3,(H,25,28). The number of benzene rings is 1. The Morgan fingerprint density at radius 3 is 2.73 bits per heavy atom. The highest BCUT2D eigenvalue weighted by Gasteiger charge is 2.14. The topological polar surface area (TPSA) is 89.2 Å². The lowest BCUT2D eigenvalue weighted by Gasteiger charge is -2.12. The molecule has 0 spiro atoms. The predicted octanol–water partition coefficient (Wildman–Crippen LogP) is 3.32. The van der Waals surface area contributed by atoms with Crippen molar-refractivity contribution in [3.63, 3.8) is 0 Å². The van der Waals surface area contributed by atoms with Crippen LogP contribution in [0.5, 0.6) is 11.5 Å². The second kappa shape index (κ2) is 11.1. The first kappa shape index (κ1) is 23.1. The number of rotatable bonds is 11. The van der Waals surface area contributed by atoms with Crippen LogP contribution in [0.2, 0.25) is 0 Å². The number of carbonyl (C=O) groups excluding carboxylic acids is 1. The maximum Gasteiger partial charge on any atom is 0.387 e. The van der Waals surface area contributed by atoms with Gasteiger partial charge in [-0.3, -0.25) is 9.48 Å². The van der Waals surface area contributed by atoms with Gasteiger partial charge in [0, 0.05) is 18.7 Å². The Balaban J connectivity index is 1.85. The molecular weight excluding hydrogens is 394 g/mol. The molecule has 0 saturated carbocycles. The van der Waals surface area contributed by atoms with E-state index in [4.69, 9.17) is 10.00 Å². The van der Waals surface area contributed by atoms with Crippen molar-refractivity contribution >= 4 is 5.91 Å². The summed E-state index contributed by atoms with van der Waals surface area (Å²) in [5, 5.41) is 16.0. The van der Waals surface area contributed by atoms with Gasteiger partial charge in [-0.1, -0.05) is 6.07 Å². The molecule has 7 nitrogen and oxygen atoms in total. The minimum absolute atomic E-state index is 0.0318. The summed E-state index contributed by atoms with van der Waals surface area (Å²) >= 11 is 0. The molecule has 162 valence electrons. The smallest absolute Gasteiger partial charge is 0.387 e. The van der Waals surface area contributed by atoms with E-state index >= 15 is 0 Å². The van der Waals surface area contributed by atoms with Crippen molar-refractivity contribution in [2.24, 2.45) is 0 Å². The normalized spacial score (nSPS) is 10.7. The molecular formula is C21H26F2N4O3. The van der Waals surface area contributed by atoms with Gasteiger partial charge >= 0.3 is 6.61 Å². The van der Waals surface area contributed by atoms with Crippen LogP contribution in [-0.4, -0.2) is 36.0 Å². The largest absolute Gasteiger partial charge is 0.493 e. The fraction of sp³-hybridized carbons (Fsp3) is 0.476. The average molecular weight is 420 g/mol. The van der Waals surface area contributed by atoms with Crippen molar-refractivity contribution in [3.05, 3.63) is 40.7 Å². The van der Waals surface area contributed by atoms with Crippen molar-refractivity contribution in [2.75, 3.05) is 13.7 Å². The van der Waals surface area contributed by atoms with Crippen molar-refractivity contribution < 1.29 is 23.0 Å². The molecule has 0 aliphatic heterocycles. The fourth-order valence-electron chi connectivity index (χ4n) is 3.21. The van der Waals surface area contributed by atoms with Gasteiger partial charge in [0.1, 0.15) is 0 Å². The molecule has 0 fully saturated rings. The number of amides is 1. The highest BCUT2D eigenvalue weighted by atomic mass is 19.3. The number of hydrogen-bond acceptors (Lipinski definition) is 5. The zero-order valence-corrected chi connectivity index (χ0v) is 17.4. The zero-order valence-electron chi connectivity index (χ0n) is 17.4. The van der Waals surface area contributed by atoms with Gasteiger partial charge in [0.2, 0.25) is 5.91 Å². The lowest BCUT2D eigenvalue weighted by molar-refractivity contribution is -0.121. The molecule has 30 heavy (non-hydrogen) atoms. The Kier molecular flexibility index (Phi) is 8.59. The van der Waals surface area contributed by atoms with Gasteiger partial charge in [0.25, 0.3) is 0 Å². The number of halogens is 2. The Bertz CT molecular complexity index is 906. The van der Waals surface area contributed by atoms with Gasteiger partial charge in [-0.2, -0.15) is 19.1 Å². The van der Waals surface area contributed by atoms with Crippen LogP contribution in [0.25, 0.3) is 0 Å². The van der Waals surface area contributed by atoms with Crippen molar-refractivity contribution in [3.8, 4) is 17.6 Å². The van der Waals surface area contributed by atoms with E-state index in [1.54, 1.807) is 16.8 Å².